The molecule has 88 valence electrons. The first-order chi connectivity index (χ1) is 7.72. The minimum atomic E-state index is 0.242. The number of hydrogen-bond donors (Lipinski definition) is 2. The molecule has 1 saturated heterocycles. The quantitative estimate of drug-likeness (QED) is 0.587. The molecule has 1 atom stereocenters. The van der Waals surface area contributed by atoms with E-state index < -0.39 is 0 Å². The Morgan fingerprint density at radius 1 is 1.69 bits per heavy atom. The van der Waals surface area contributed by atoms with Gasteiger partial charge in [0.05, 0.1) is 25.5 Å². The molecule has 6 nitrogen and oxygen atoms in total. The van der Waals surface area contributed by atoms with Crippen LogP contribution in [0.2, 0.25) is 5.02 Å². The first-order valence-corrected chi connectivity index (χ1v) is 5.43. The molecule has 0 amide bonds. The molecule has 1 aliphatic rings. The lowest BCUT2D eigenvalue weighted by molar-refractivity contribution is 0.0985. The van der Waals surface area contributed by atoms with Crippen molar-refractivity contribution >= 4 is 23.4 Å². The maximum absolute atomic E-state index is 6.08. The number of ether oxygens (including phenoxy) is 1. The summed E-state index contributed by atoms with van der Waals surface area (Å²) >= 11 is 6.08. The van der Waals surface area contributed by atoms with Crippen LogP contribution in [0.3, 0.4) is 0 Å². The maximum atomic E-state index is 6.08. The Kier molecular flexibility index (Phi) is 3.42. The van der Waals surface area contributed by atoms with E-state index in [1.807, 2.05) is 0 Å². The number of anilines is 2. The molecule has 1 unspecified atom stereocenters. The van der Waals surface area contributed by atoms with Gasteiger partial charge in [0.1, 0.15) is 5.02 Å². The van der Waals surface area contributed by atoms with E-state index in [4.69, 9.17) is 22.2 Å². The largest absolute Gasteiger partial charge is 0.377 e. The monoisotopic (exact) mass is 243 g/mol. The Morgan fingerprint density at radius 2 is 2.50 bits per heavy atom. The molecule has 0 aromatic carbocycles. The number of halogens is 1. The van der Waals surface area contributed by atoms with Crippen LogP contribution in [0.4, 0.5) is 11.8 Å². The highest BCUT2D eigenvalue weighted by Gasteiger charge is 2.22. The van der Waals surface area contributed by atoms with Crippen LogP contribution >= 0.6 is 11.6 Å². The minimum Gasteiger partial charge on any atom is -0.377 e. The van der Waals surface area contributed by atoms with E-state index >= 15 is 0 Å². The molecular weight excluding hydrogens is 230 g/mol. The van der Waals surface area contributed by atoms with Crippen molar-refractivity contribution in [2.24, 2.45) is 5.84 Å². The van der Waals surface area contributed by atoms with Crippen molar-refractivity contribution < 1.29 is 4.74 Å². The lowest BCUT2D eigenvalue weighted by Crippen LogP contribution is -2.44. The Bertz CT molecular complexity index is 375. The lowest BCUT2D eigenvalue weighted by atomic mass is 10.2. The maximum Gasteiger partial charge on any atom is 0.239 e. The Labute approximate surface area is 98.7 Å². The van der Waals surface area contributed by atoms with Crippen molar-refractivity contribution in [1.82, 2.24) is 9.97 Å². The molecule has 1 aromatic rings. The van der Waals surface area contributed by atoms with Gasteiger partial charge in [0.2, 0.25) is 5.95 Å². The molecular formula is C9H14ClN5O. The van der Waals surface area contributed by atoms with Gasteiger partial charge < -0.3 is 9.64 Å². The molecule has 1 fully saturated rings. The van der Waals surface area contributed by atoms with Gasteiger partial charge in [-0.3, -0.25) is 5.43 Å². The number of aromatic nitrogens is 2. The zero-order valence-corrected chi connectivity index (χ0v) is 9.74. The van der Waals surface area contributed by atoms with E-state index in [2.05, 4.69) is 27.2 Å². The van der Waals surface area contributed by atoms with E-state index in [9.17, 15) is 0 Å². The zero-order valence-electron chi connectivity index (χ0n) is 8.98. The fourth-order valence-electron chi connectivity index (χ4n) is 1.67. The van der Waals surface area contributed by atoms with Crippen molar-refractivity contribution in [2.75, 3.05) is 30.1 Å². The molecule has 0 aliphatic carbocycles. The van der Waals surface area contributed by atoms with E-state index in [0.717, 1.165) is 6.54 Å². The second kappa shape index (κ2) is 4.82. The van der Waals surface area contributed by atoms with Gasteiger partial charge in [-0.1, -0.05) is 11.6 Å². The summed E-state index contributed by atoms with van der Waals surface area (Å²) in [7, 11) is 0. The smallest absolute Gasteiger partial charge is 0.239 e. The first-order valence-electron chi connectivity index (χ1n) is 5.06. The molecule has 1 aliphatic heterocycles. The number of hydrazine groups is 1. The molecule has 3 N–H and O–H groups in total. The normalized spacial score (nSPS) is 20.9. The summed E-state index contributed by atoms with van der Waals surface area (Å²) in [6, 6.07) is 0.242. The third kappa shape index (κ3) is 2.18. The molecule has 2 heterocycles. The van der Waals surface area contributed by atoms with Crippen LogP contribution in [0.15, 0.2) is 6.20 Å². The SMILES string of the molecule is CC1COCCN1c1nc(NN)ncc1Cl. The molecule has 0 bridgehead atoms. The average molecular weight is 244 g/mol. The average Bonchev–Trinajstić information content (AvgIpc) is 2.31. The van der Waals surface area contributed by atoms with Crippen molar-refractivity contribution in [3.63, 3.8) is 0 Å². The summed E-state index contributed by atoms with van der Waals surface area (Å²) < 4.78 is 5.36. The summed E-state index contributed by atoms with van der Waals surface area (Å²) in [6.07, 6.45) is 1.54. The van der Waals surface area contributed by atoms with Crippen LogP contribution in [-0.2, 0) is 4.74 Å². The van der Waals surface area contributed by atoms with E-state index in [-0.39, 0.29) is 6.04 Å². The van der Waals surface area contributed by atoms with Crippen molar-refractivity contribution in [2.45, 2.75) is 13.0 Å². The van der Waals surface area contributed by atoms with Crippen molar-refractivity contribution in [1.29, 1.82) is 0 Å². The summed E-state index contributed by atoms with van der Waals surface area (Å²) in [6.45, 7) is 4.18. The number of nitrogens with two attached hydrogens (primary N) is 1. The molecule has 0 radical (unpaired) electrons. The van der Waals surface area contributed by atoms with E-state index in [0.29, 0.717) is 30.0 Å². The summed E-state index contributed by atoms with van der Waals surface area (Å²) in [5.74, 6) is 6.33. The third-order valence-corrected chi connectivity index (χ3v) is 2.76. The van der Waals surface area contributed by atoms with Crippen LogP contribution in [0.25, 0.3) is 0 Å². The number of nitrogen functional groups attached to an aromatic ring is 1. The van der Waals surface area contributed by atoms with Gasteiger partial charge in [0, 0.05) is 6.54 Å². The molecule has 2 rings (SSSR count). The highest BCUT2D eigenvalue weighted by Crippen LogP contribution is 2.26. The number of hydrogen-bond acceptors (Lipinski definition) is 6. The summed E-state index contributed by atoms with van der Waals surface area (Å²) in [5.41, 5.74) is 2.41. The Morgan fingerprint density at radius 3 is 3.19 bits per heavy atom. The van der Waals surface area contributed by atoms with E-state index in [1.165, 1.54) is 0 Å². The Hall–Kier alpha value is -1.11. The molecule has 0 spiro atoms. The fourth-order valence-corrected chi connectivity index (χ4v) is 1.87. The van der Waals surface area contributed by atoms with Gasteiger partial charge in [-0.25, -0.2) is 10.8 Å². The molecule has 0 saturated carbocycles. The summed E-state index contributed by atoms with van der Waals surface area (Å²) in [4.78, 5) is 10.3. The van der Waals surface area contributed by atoms with Crippen LogP contribution in [-0.4, -0.2) is 35.8 Å². The van der Waals surface area contributed by atoms with Crippen LogP contribution in [0.1, 0.15) is 6.92 Å². The van der Waals surface area contributed by atoms with Crippen LogP contribution < -0.4 is 16.2 Å². The van der Waals surface area contributed by atoms with Gasteiger partial charge in [-0.05, 0) is 6.92 Å². The molecule has 16 heavy (non-hydrogen) atoms. The number of nitrogens with one attached hydrogen (secondary N) is 1. The third-order valence-electron chi connectivity index (χ3n) is 2.49. The van der Waals surface area contributed by atoms with Crippen molar-refractivity contribution in [3.05, 3.63) is 11.2 Å². The van der Waals surface area contributed by atoms with Crippen LogP contribution in [0.5, 0.6) is 0 Å². The van der Waals surface area contributed by atoms with Gasteiger partial charge in [0.25, 0.3) is 0 Å². The highest BCUT2D eigenvalue weighted by molar-refractivity contribution is 6.32. The van der Waals surface area contributed by atoms with Gasteiger partial charge in [0.15, 0.2) is 5.82 Å². The van der Waals surface area contributed by atoms with E-state index in [1.54, 1.807) is 6.20 Å². The second-order valence-electron chi connectivity index (χ2n) is 3.63. The zero-order chi connectivity index (χ0) is 11.5. The van der Waals surface area contributed by atoms with Crippen LogP contribution in [0, 0.1) is 0 Å². The lowest BCUT2D eigenvalue weighted by Gasteiger charge is -2.34. The standard InChI is InChI=1S/C9H14ClN5O/c1-6-5-16-3-2-15(6)8-7(10)4-12-9(13-8)14-11/h4,6H,2-3,5,11H2,1H3,(H,12,13,14). The fraction of sp³-hybridized carbons (Fsp3) is 0.556. The molecule has 1 aromatic heterocycles. The van der Waals surface area contributed by atoms with Gasteiger partial charge >= 0.3 is 0 Å². The van der Waals surface area contributed by atoms with Crippen molar-refractivity contribution in [3.8, 4) is 0 Å². The minimum absolute atomic E-state index is 0.242. The number of morpholine rings is 1. The predicted molar refractivity (Wildman–Crippen MR) is 62.5 cm³/mol. The predicted octanol–water partition coefficient (Wildman–Crippen LogP) is 0.641. The van der Waals surface area contributed by atoms with Gasteiger partial charge in [-0.15, -0.1) is 0 Å². The summed E-state index contributed by atoms with van der Waals surface area (Å²) in [5, 5.41) is 0.521. The molecule has 7 heteroatoms. The topological polar surface area (TPSA) is 76.3 Å². The Balaban J connectivity index is 2.30. The number of nitrogens with zero attached hydrogens (tertiary/aromatic N) is 3. The number of rotatable bonds is 2. The second-order valence-corrected chi connectivity index (χ2v) is 4.03. The van der Waals surface area contributed by atoms with Gasteiger partial charge in [-0.2, -0.15) is 4.98 Å². The first kappa shape index (κ1) is 11.4. The highest BCUT2D eigenvalue weighted by atomic mass is 35.5.